The fourth-order valence-corrected chi connectivity index (χ4v) is 3.38. The molecule has 0 aromatic carbocycles. The third-order valence-corrected chi connectivity index (χ3v) is 4.56. The van der Waals surface area contributed by atoms with E-state index in [4.69, 9.17) is 11.6 Å². The van der Waals surface area contributed by atoms with Crippen molar-refractivity contribution in [2.45, 2.75) is 38.6 Å². The normalized spacial score (nSPS) is 23.0. The maximum atomic E-state index is 6.04. The zero-order valence-electron chi connectivity index (χ0n) is 12.6. The second kappa shape index (κ2) is 6.75. The number of likely N-dealkylation sites (tertiary alicyclic amines) is 1. The van der Waals surface area contributed by atoms with Crippen molar-refractivity contribution in [1.29, 1.82) is 0 Å². The van der Waals surface area contributed by atoms with Crippen molar-refractivity contribution in [3.8, 4) is 0 Å². The van der Waals surface area contributed by atoms with E-state index < -0.39 is 0 Å². The van der Waals surface area contributed by atoms with Crippen LogP contribution in [0.1, 0.15) is 32.6 Å². The molecule has 7 heteroatoms. The van der Waals surface area contributed by atoms with Gasteiger partial charge in [-0.2, -0.15) is 15.0 Å². The Morgan fingerprint density at radius 2 is 1.95 bits per heavy atom. The monoisotopic (exact) mass is 310 g/mol. The summed E-state index contributed by atoms with van der Waals surface area (Å²) < 4.78 is 0. The SMILES string of the molecule is CCN1CCCC1CNc1nc(Cl)nc(N2CCCC2)n1. The molecule has 0 spiro atoms. The first-order chi connectivity index (χ1) is 10.3. The van der Waals surface area contributed by atoms with Crippen LogP contribution in [0.25, 0.3) is 0 Å². The van der Waals surface area contributed by atoms with E-state index in [1.807, 2.05) is 0 Å². The highest BCUT2D eigenvalue weighted by Gasteiger charge is 2.23. The van der Waals surface area contributed by atoms with E-state index >= 15 is 0 Å². The molecule has 1 N–H and O–H groups in total. The Hall–Kier alpha value is -1.14. The van der Waals surface area contributed by atoms with Crippen LogP contribution >= 0.6 is 11.6 Å². The van der Waals surface area contributed by atoms with Crippen LogP contribution in [0.2, 0.25) is 5.28 Å². The van der Waals surface area contributed by atoms with Gasteiger partial charge in [-0.3, -0.25) is 4.90 Å². The molecule has 3 heterocycles. The summed E-state index contributed by atoms with van der Waals surface area (Å²) in [6.45, 7) is 7.39. The molecule has 21 heavy (non-hydrogen) atoms. The van der Waals surface area contributed by atoms with Crippen LogP contribution in [0.4, 0.5) is 11.9 Å². The summed E-state index contributed by atoms with van der Waals surface area (Å²) in [7, 11) is 0. The molecule has 0 saturated carbocycles. The summed E-state index contributed by atoms with van der Waals surface area (Å²) in [5.74, 6) is 1.30. The fourth-order valence-electron chi connectivity index (χ4n) is 3.23. The molecule has 2 aliphatic heterocycles. The van der Waals surface area contributed by atoms with Crippen LogP contribution < -0.4 is 10.2 Å². The fraction of sp³-hybridized carbons (Fsp3) is 0.786. The average molecular weight is 311 g/mol. The van der Waals surface area contributed by atoms with E-state index in [2.05, 4.69) is 37.0 Å². The molecule has 2 saturated heterocycles. The van der Waals surface area contributed by atoms with Crippen LogP contribution in [0.3, 0.4) is 0 Å². The topological polar surface area (TPSA) is 57.2 Å². The molecule has 2 fully saturated rings. The maximum Gasteiger partial charge on any atom is 0.231 e. The first kappa shape index (κ1) is 14.8. The van der Waals surface area contributed by atoms with Gasteiger partial charge in [0.1, 0.15) is 0 Å². The lowest BCUT2D eigenvalue weighted by atomic mass is 10.2. The Balaban J connectivity index is 1.64. The Kier molecular flexibility index (Phi) is 4.75. The van der Waals surface area contributed by atoms with Gasteiger partial charge in [0, 0.05) is 25.7 Å². The Bertz CT molecular complexity index is 477. The number of hydrogen-bond acceptors (Lipinski definition) is 6. The predicted octanol–water partition coefficient (Wildman–Crippen LogP) is 2.02. The minimum absolute atomic E-state index is 0.271. The first-order valence-corrected chi connectivity index (χ1v) is 8.28. The van der Waals surface area contributed by atoms with E-state index in [0.29, 0.717) is 17.9 Å². The number of anilines is 2. The molecule has 1 aromatic rings. The second-order valence-electron chi connectivity index (χ2n) is 5.73. The van der Waals surface area contributed by atoms with E-state index in [1.54, 1.807) is 0 Å². The molecular weight excluding hydrogens is 288 g/mol. The summed E-state index contributed by atoms with van der Waals surface area (Å²) in [6.07, 6.45) is 4.90. The molecular formula is C14H23ClN6. The van der Waals surface area contributed by atoms with Gasteiger partial charge in [-0.25, -0.2) is 0 Å². The Morgan fingerprint density at radius 1 is 1.14 bits per heavy atom. The van der Waals surface area contributed by atoms with Crippen molar-refractivity contribution in [2.24, 2.45) is 0 Å². The number of aromatic nitrogens is 3. The molecule has 1 unspecified atom stereocenters. The number of rotatable bonds is 5. The molecule has 0 aliphatic carbocycles. The maximum absolute atomic E-state index is 6.04. The molecule has 116 valence electrons. The van der Waals surface area contributed by atoms with Crippen LogP contribution in [0, 0.1) is 0 Å². The lowest BCUT2D eigenvalue weighted by Crippen LogP contribution is -2.35. The van der Waals surface area contributed by atoms with E-state index in [9.17, 15) is 0 Å². The molecule has 1 aromatic heterocycles. The smallest absolute Gasteiger partial charge is 0.231 e. The van der Waals surface area contributed by atoms with E-state index in [-0.39, 0.29) is 5.28 Å². The number of nitrogens with zero attached hydrogens (tertiary/aromatic N) is 5. The van der Waals surface area contributed by atoms with Gasteiger partial charge in [-0.05, 0) is 50.4 Å². The quantitative estimate of drug-likeness (QED) is 0.898. The van der Waals surface area contributed by atoms with Crippen LogP contribution in [-0.4, -0.2) is 58.6 Å². The highest BCUT2D eigenvalue weighted by molar-refractivity contribution is 6.28. The molecule has 1 atom stereocenters. The molecule has 0 amide bonds. The van der Waals surface area contributed by atoms with Crippen molar-refractivity contribution in [1.82, 2.24) is 19.9 Å². The summed E-state index contributed by atoms with van der Waals surface area (Å²) in [5.41, 5.74) is 0. The number of hydrogen-bond donors (Lipinski definition) is 1. The highest BCUT2D eigenvalue weighted by Crippen LogP contribution is 2.20. The van der Waals surface area contributed by atoms with Gasteiger partial charge < -0.3 is 10.2 Å². The standard InChI is InChI=1S/C14H23ClN6/c1-2-20-9-5-6-11(20)10-16-13-17-12(15)18-14(19-13)21-7-3-4-8-21/h11H,2-10H2,1H3,(H,16,17,18,19). The first-order valence-electron chi connectivity index (χ1n) is 7.90. The molecule has 0 bridgehead atoms. The van der Waals surface area contributed by atoms with Gasteiger partial charge >= 0.3 is 0 Å². The van der Waals surface area contributed by atoms with Crippen molar-refractivity contribution < 1.29 is 0 Å². The van der Waals surface area contributed by atoms with Crippen molar-refractivity contribution in [2.75, 3.05) is 42.9 Å². The molecule has 3 rings (SSSR count). The zero-order valence-corrected chi connectivity index (χ0v) is 13.3. The van der Waals surface area contributed by atoms with E-state index in [0.717, 1.165) is 26.2 Å². The van der Waals surface area contributed by atoms with Gasteiger partial charge in [-0.15, -0.1) is 0 Å². The van der Waals surface area contributed by atoms with Gasteiger partial charge in [0.15, 0.2) is 0 Å². The summed E-state index contributed by atoms with van der Waals surface area (Å²) in [5, 5.41) is 3.61. The second-order valence-corrected chi connectivity index (χ2v) is 6.07. The number of likely N-dealkylation sites (N-methyl/N-ethyl adjacent to an activating group) is 1. The van der Waals surface area contributed by atoms with Gasteiger partial charge in [0.25, 0.3) is 0 Å². The summed E-state index contributed by atoms with van der Waals surface area (Å²) in [4.78, 5) is 17.6. The highest BCUT2D eigenvalue weighted by atomic mass is 35.5. The minimum Gasteiger partial charge on any atom is -0.352 e. The third-order valence-electron chi connectivity index (χ3n) is 4.39. The molecule has 6 nitrogen and oxygen atoms in total. The lowest BCUT2D eigenvalue weighted by Gasteiger charge is -2.23. The van der Waals surface area contributed by atoms with Crippen molar-refractivity contribution >= 4 is 23.5 Å². The minimum atomic E-state index is 0.271. The Morgan fingerprint density at radius 3 is 2.71 bits per heavy atom. The zero-order chi connectivity index (χ0) is 14.7. The summed E-state index contributed by atoms with van der Waals surface area (Å²) >= 11 is 6.04. The lowest BCUT2D eigenvalue weighted by molar-refractivity contribution is 0.277. The van der Waals surface area contributed by atoms with Crippen LogP contribution in [-0.2, 0) is 0 Å². The largest absolute Gasteiger partial charge is 0.352 e. The number of nitrogens with one attached hydrogen (secondary N) is 1. The predicted molar refractivity (Wildman–Crippen MR) is 85.0 cm³/mol. The summed E-state index contributed by atoms with van der Waals surface area (Å²) in [6, 6.07) is 0.570. The van der Waals surface area contributed by atoms with Gasteiger partial charge in [-0.1, -0.05) is 6.92 Å². The third kappa shape index (κ3) is 3.55. The van der Waals surface area contributed by atoms with Gasteiger partial charge in [0.05, 0.1) is 0 Å². The van der Waals surface area contributed by atoms with Gasteiger partial charge in [0.2, 0.25) is 17.2 Å². The average Bonchev–Trinajstić information content (AvgIpc) is 3.15. The molecule has 0 radical (unpaired) electrons. The van der Waals surface area contributed by atoms with Crippen LogP contribution in [0.5, 0.6) is 0 Å². The van der Waals surface area contributed by atoms with E-state index in [1.165, 1.54) is 32.2 Å². The Labute approximate surface area is 130 Å². The molecule has 2 aliphatic rings. The van der Waals surface area contributed by atoms with Crippen molar-refractivity contribution in [3.05, 3.63) is 5.28 Å². The number of halogens is 1. The van der Waals surface area contributed by atoms with Crippen molar-refractivity contribution in [3.63, 3.8) is 0 Å². The van der Waals surface area contributed by atoms with Crippen LogP contribution in [0.15, 0.2) is 0 Å².